The van der Waals surface area contributed by atoms with Crippen molar-refractivity contribution in [1.29, 1.82) is 0 Å². The third-order valence-corrected chi connectivity index (χ3v) is 5.21. The van der Waals surface area contributed by atoms with Gasteiger partial charge in [0.05, 0.1) is 23.5 Å². The molecule has 29 heavy (non-hydrogen) atoms. The number of benzene rings is 2. The second-order valence-corrected chi connectivity index (χ2v) is 7.07. The Morgan fingerprint density at radius 2 is 1.93 bits per heavy atom. The van der Waals surface area contributed by atoms with Crippen molar-refractivity contribution in [1.82, 2.24) is 19.8 Å². The summed E-state index contributed by atoms with van der Waals surface area (Å²) in [5, 5.41) is 2.80. The molecule has 1 aliphatic heterocycles. The number of aromatic nitrogens is 2. The van der Waals surface area contributed by atoms with Gasteiger partial charge in [0.15, 0.2) is 11.6 Å². The molecule has 2 heterocycles. The van der Waals surface area contributed by atoms with Gasteiger partial charge in [-0.3, -0.25) is 9.59 Å². The van der Waals surface area contributed by atoms with E-state index in [9.17, 15) is 18.4 Å². The lowest BCUT2D eigenvalue weighted by Crippen LogP contribution is -2.38. The number of imidazole rings is 1. The predicted molar refractivity (Wildman–Crippen MR) is 103 cm³/mol. The van der Waals surface area contributed by atoms with E-state index in [-0.39, 0.29) is 24.8 Å². The molecule has 0 saturated carbocycles. The fourth-order valence-electron chi connectivity index (χ4n) is 3.77. The number of hydrogen-bond acceptors (Lipinski definition) is 3. The summed E-state index contributed by atoms with van der Waals surface area (Å²) >= 11 is 0. The molecule has 1 atom stereocenters. The lowest BCUT2D eigenvalue weighted by Gasteiger charge is -2.30. The van der Waals surface area contributed by atoms with Crippen LogP contribution in [0, 0.1) is 18.6 Å². The number of nitrogens with zero attached hydrogens (tertiary/aromatic N) is 3. The van der Waals surface area contributed by atoms with Crippen LogP contribution in [0.3, 0.4) is 0 Å². The zero-order valence-corrected chi connectivity index (χ0v) is 15.9. The van der Waals surface area contributed by atoms with Gasteiger partial charge in [-0.05, 0) is 12.5 Å². The van der Waals surface area contributed by atoms with Gasteiger partial charge in [0.25, 0.3) is 0 Å². The summed E-state index contributed by atoms with van der Waals surface area (Å²) in [7, 11) is 0. The van der Waals surface area contributed by atoms with Crippen molar-refractivity contribution in [3.05, 3.63) is 65.5 Å². The van der Waals surface area contributed by atoms with Crippen molar-refractivity contribution in [3.63, 3.8) is 0 Å². The van der Waals surface area contributed by atoms with Crippen molar-refractivity contribution >= 4 is 22.8 Å². The number of hydrogen-bond donors (Lipinski definition) is 1. The van der Waals surface area contributed by atoms with Gasteiger partial charge in [0.2, 0.25) is 11.8 Å². The van der Waals surface area contributed by atoms with Crippen LogP contribution in [0.25, 0.3) is 11.0 Å². The molecule has 0 radical (unpaired) electrons. The highest BCUT2D eigenvalue weighted by Crippen LogP contribution is 2.27. The summed E-state index contributed by atoms with van der Waals surface area (Å²) in [6.45, 7) is 2.33. The quantitative estimate of drug-likeness (QED) is 0.738. The number of rotatable bonds is 3. The highest BCUT2D eigenvalue weighted by atomic mass is 19.2. The Labute approximate surface area is 166 Å². The molecule has 1 unspecified atom stereocenters. The van der Waals surface area contributed by atoms with Crippen molar-refractivity contribution in [2.45, 2.75) is 25.9 Å². The van der Waals surface area contributed by atoms with Crippen LogP contribution >= 0.6 is 0 Å². The Balaban J connectivity index is 1.67. The SMILES string of the molecule is Cc1nc2cc(F)c(F)cc2n1CC(=O)N1CCNC(=O)CC1c1ccccc1. The molecule has 1 aliphatic rings. The molecular weight excluding hydrogens is 378 g/mol. The molecule has 4 rings (SSSR count). The number of carbonyl (C=O) groups is 2. The fourth-order valence-corrected chi connectivity index (χ4v) is 3.77. The Hall–Kier alpha value is -3.29. The van der Waals surface area contributed by atoms with E-state index in [1.165, 1.54) is 0 Å². The topological polar surface area (TPSA) is 67.2 Å². The minimum atomic E-state index is -0.988. The summed E-state index contributed by atoms with van der Waals surface area (Å²) in [6.07, 6.45) is 0.166. The Morgan fingerprint density at radius 3 is 2.69 bits per heavy atom. The van der Waals surface area contributed by atoms with Gasteiger partial charge in [-0.1, -0.05) is 30.3 Å². The molecule has 1 aromatic heterocycles. The van der Waals surface area contributed by atoms with E-state index in [0.29, 0.717) is 29.9 Å². The molecule has 1 fully saturated rings. The van der Waals surface area contributed by atoms with Gasteiger partial charge >= 0.3 is 0 Å². The maximum absolute atomic E-state index is 13.8. The first-order valence-electron chi connectivity index (χ1n) is 9.37. The first kappa shape index (κ1) is 19.0. The zero-order valence-electron chi connectivity index (χ0n) is 15.9. The number of halogens is 2. The van der Waals surface area contributed by atoms with Gasteiger partial charge < -0.3 is 14.8 Å². The highest BCUT2D eigenvalue weighted by Gasteiger charge is 2.30. The van der Waals surface area contributed by atoms with Crippen LogP contribution in [-0.2, 0) is 16.1 Å². The summed E-state index contributed by atoms with van der Waals surface area (Å²) in [4.78, 5) is 31.2. The van der Waals surface area contributed by atoms with Crippen LogP contribution in [0.15, 0.2) is 42.5 Å². The van der Waals surface area contributed by atoms with E-state index < -0.39 is 17.7 Å². The molecule has 1 saturated heterocycles. The van der Waals surface area contributed by atoms with Crippen LogP contribution in [0.1, 0.15) is 23.9 Å². The van der Waals surface area contributed by atoms with E-state index in [4.69, 9.17) is 0 Å². The summed E-state index contributed by atoms with van der Waals surface area (Å²) < 4.78 is 28.9. The molecule has 0 aliphatic carbocycles. The third-order valence-electron chi connectivity index (χ3n) is 5.21. The van der Waals surface area contributed by atoms with E-state index in [0.717, 1.165) is 17.7 Å². The lowest BCUT2D eigenvalue weighted by atomic mass is 10.0. The maximum Gasteiger partial charge on any atom is 0.243 e. The number of aryl methyl sites for hydroxylation is 1. The van der Waals surface area contributed by atoms with Crippen LogP contribution in [0.5, 0.6) is 0 Å². The van der Waals surface area contributed by atoms with Crippen LogP contribution in [0.4, 0.5) is 8.78 Å². The smallest absolute Gasteiger partial charge is 0.243 e. The van der Waals surface area contributed by atoms with E-state index in [1.54, 1.807) is 16.4 Å². The average molecular weight is 398 g/mol. The van der Waals surface area contributed by atoms with Crippen LogP contribution < -0.4 is 5.32 Å². The van der Waals surface area contributed by atoms with Crippen molar-refractivity contribution in [2.24, 2.45) is 0 Å². The van der Waals surface area contributed by atoms with Gasteiger partial charge in [-0.2, -0.15) is 0 Å². The van der Waals surface area contributed by atoms with Crippen LogP contribution in [-0.4, -0.2) is 39.4 Å². The molecular formula is C21H20F2N4O2. The predicted octanol–water partition coefficient (Wildman–Crippen LogP) is 2.71. The van der Waals surface area contributed by atoms with Crippen LogP contribution in [0.2, 0.25) is 0 Å². The van der Waals surface area contributed by atoms with E-state index >= 15 is 0 Å². The molecule has 0 bridgehead atoms. The Bertz CT molecular complexity index is 1080. The number of nitrogens with one attached hydrogen (secondary N) is 1. The maximum atomic E-state index is 13.8. The molecule has 150 valence electrons. The lowest BCUT2D eigenvalue weighted by molar-refractivity contribution is -0.134. The normalized spacial score (nSPS) is 17.3. The van der Waals surface area contributed by atoms with Crippen molar-refractivity contribution in [2.75, 3.05) is 13.1 Å². The summed E-state index contributed by atoms with van der Waals surface area (Å²) in [6, 6.07) is 11.1. The van der Waals surface area contributed by atoms with E-state index in [2.05, 4.69) is 10.3 Å². The molecule has 1 N–H and O–H groups in total. The Morgan fingerprint density at radius 1 is 1.21 bits per heavy atom. The molecule has 2 aromatic carbocycles. The molecule has 6 nitrogen and oxygen atoms in total. The van der Waals surface area contributed by atoms with E-state index in [1.807, 2.05) is 30.3 Å². The van der Waals surface area contributed by atoms with Crippen molar-refractivity contribution in [3.8, 4) is 0 Å². The number of amides is 2. The van der Waals surface area contributed by atoms with Crippen molar-refractivity contribution < 1.29 is 18.4 Å². The van der Waals surface area contributed by atoms with Gasteiger partial charge in [0, 0.05) is 25.2 Å². The minimum absolute atomic E-state index is 0.0784. The largest absolute Gasteiger partial charge is 0.354 e. The second kappa shape index (κ2) is 7.62. The number of carbonyl (C=O) groups excluding carboxylic acids is 2. The highest BCUT2D eigenvalue weighted by molar-refractivity contribution is 5.83. The monoisotopic (exact) mass is 398 g/mol. The van der Waals surface area contributed by atoms with Gasteiger partial charge in [0.1, 0.15) is 12.4 Å². The summed E-state index contributed by atoms with van der Waals surface area (Å²) in [5.74, 6) is -1.82. The number of fused-ring (bicyclic) bond motifs is 1. The van der Waals surface area contributed by atoms with Gasteiger partial charge in [-0.25, -0.2) is 13.8 Å². The fraction of sp³-hybridized carbons (Fsp3) is 0.286. The summed E-state index contributed by atoms with van der Waals surface area (Å²) in [5.41, 5.74) is 1.52. The third kappa shape index (κ3) is 3.70. The standard InChI is InChI=1S/C21H20F2N4O2/c1-13-25-17-9-15(22)16(23)10-19(17)27(13)12-21(29)26-8-7-24-20(28)11-18(26)14-5-3-2-4-6-14/h2-6,9-10,18H,7-8,11-12H2,1H3,(H,24,28). The Kier molecular flexibility index (Phi) is 5.00. The minimum Gasteiger partial charge on any atom is -0.354 e. The first-order chi connectivity index (χ1) is 13.9. The first-order valence-corrected chi connectivity index (χ1v) is 9.37. The molecule has 8 heteroatoms. The average Bonchev–Trinajstić information content (AvgIpc) is 2.87. The second-order valence-electron chi connectivity index (χ2n) is 7.07. The molecule has 0 spiro atoms. The van der Waals surface area contributed by atoms with Gasteiger partial charge in [-0.15, -0.1) is 0 Å². The zero-order chi connectivity index (χ0) is 20.5. The molecule has 3 aromatic rings. The molecule has 2 amide bonds.